The highest BCUT2D eigenvalue weighted by Gasteiger charge is 2.02. The Labute approximate surface area is 115 Å². The molecule has 3 nitrogen and oxygen atoms in total. The molecule has 0 fully saturated rings. The zero-order valence-electron chi connectivity index (χ0n) is 11.8. The van der Waals surface area contributed by atoms with E-state index in [4.69, 9.17) is 4.74 Å². The largest absolute Gasteiger partial charge is 0.487 e. The summed E-state index contributed by atoms with van der Waals surface area (Å²) in [4.78, 5) is 2.09. The van der Waals surface area contributed by atoms with Crippen LogP contribution in [-0.4, -0.2) is 20.7 Å². The highest BCUT2D eigenvalue weighted by atomic mass is 16.5. The van der Waals surface area contributed by atoms with Gasteiger partial charge in [-0.2, -0.15) is 0 Å². The molecule has 1 aromatic carbocycles. The van der Waals surface area contributed by atoms with Crippen LogP contribution in [0.25, 0.3) is 0 Å². The third-order valence-corrected chi connectivity index (χ3v) is 3.03. The van der Waals surface area contributed by atoms with E-state index in [9.17, 15) is 0 Å². The fourth-order valence-electron chi connectivity index (χ4n) is 1.80. The number of pyridine rings is 1. The first-order chi connectivity index (χ1) is 9.15. The molecule has 0 saturated heterocycles. The zero-order chi connectivity index (χ0) is 13.7. The lowest BCUT2D eigenvalue weighted by atomic mass is 10.2. The molecule has 1 aromatic heterocycles. The second kappa shape index (κ2) is 6.23. The normalized spacial score (nSPS) is 10.3. The Morgan fingerprint density at radius 2 is 1.63 bits per heavy atom. The third kappa shape index (κ3) is 3.98. The number of anilines is 1. The summed E-state index contributed by atoms with van der Waals surface area (Å²) in [5, 5.41) is 0. The van der Waals surface area contributed by atoms with E-state index < -0.39 is 0 Å². The summed E-state index contributed by atoms with van der Waals surface area (Å²) in [5.41, 5.74) is 2.46. The van der Waals surface area contributed by atoms with Crippen LogP contribution in [0, 0.1) is 6.92 Å². The van der Waals surface area contributed by atoms with Gasteiger partial charge in [0.15, 0.2) is 18.9 Å². The molecule has 0 bridgehead atoms. The molecule has 0 atom stereocenters. The second-order valence-electron chi connectivity index (χ2n) is 4.85. The number of hydrogen-bond donors (Lipinski definition) is 0. The fraction of sp³-hybridized carbons (Fsp3) is 0.312. The Kier molecular flexibility index (Phi) is 4.39. The van der Waals surface area contributed by atoms with E-state index in [1.165, 1.54) is 11.3 Å². The Hall–Kier alpha value is -2.03. The minimum atomic E-state index is 0.676. The molecule has 0 N–H and O–H groups in total. The first-order valence-electron chi connectivity index (χ1n) is 6.51. The predicted molar refractivity (Wildman–Crippen MR) is 77.6 cm³/mol. The van der Waals surface area contributed by atoms with Gasteiger partial charge in [-0.1, -0.05) is 17.7 Å². The molecule has 0 amide bonds. The van der Waals surface area contributed by atoms with Crippen molar-refractivity contribution in [3.8, 4) is 5.75 Å². The molecule has 0 aliphatic rings. The Balaban J connectivity index is 1.83. The van der Waals surface area contributed by atoms with Gasteiger partial charge in [0, 0.05) is 31.9 Å². The number of hydrogen-bond acceptors (Lipinski definition) is 2. The van der Waals surface area contributed by atoms with Crippen molar-refractivity contribution in [1.29, 1.82) is 0 Å². The lowest BCUT2D eigenvalue weighted by Gasteiger charge is -2.10. The summed E-state index contributed by atoms with van der Waals surface area (Å²) >= 11 is 0. The molecular formula is C16H21N2O+. The van der Waals surface area contributed by atoms with Crippen LogP contribution in [0.4, 0.5) is 5.69 Å². The van der Waals surface area contributed by atoms with Crippen LogP contribution in [0.2, 0.25) is 0 Å². The molecule has 0 unspecified atom stereocenters. The summed E-state index contributed by atoms with van der Waals surface area (Å²) in [5.74, 6) is 0.927. The van der Waals surface area contributed by atoms with Crippen molar-refractivity contribution in [3.05, 3.63) is 54.4 Å². The van der Waals surface area contributed by atoms with E-state index >= 15 is 0 Å². The lowest BCUT2D eigenvalue weighted by Crippen LogP contribution is -2.35. The number of benzene rings is 1. The van der Waals surface area contributed by atoms with Gasteiger partial charge in [-0.15, -0.1) is 0 Å². The van der Waals surface area contributed by atoms with Gasteiger partial charge in [0.2, 0.25) is 0 Å². The van der Waals surface area contributed by atoms with Crippen LogP contribution in [-0.2, 0) is 6.54 Å². The number of rotatable bonds is 5. The maximum atomic E-state index is 5.71. The maximum Gasteiger partial charge on any atom is 0.182 e. The Bertz CT molecular complexity index is 503. The molecule has 0 saturated carbocycles. The van der Waals surface area contributed by atoms with E-state index in [0.29, 0.717) is 6.61 Å². The van der Waals surface area contributed by atoms with Gasteiger partial charge in [0.1, 0.15) is 12.4 Å². The van der Waals surface area contributed by atoms with Crippen molar-refractivity contribution in [1.82, 2.24) is 0 Å². The molecule has 2 rings (SSSR count). The second-order valence-corrected chi connectivity index (χ2v) is 4.85. The van der Waals surface area contributed by atoms with Gasteiger partial charge in [-0.3, -0.25) is 0 Å². The molecule has 0 aliphatic carbocycles. The van der Waals surface area contributed by atoms with E-state index in [-0.39, 0.29) is 0 Å². The molecule has 100 valence electrons. The van der Waals surface area contributed by atoms with Crippen molar-refractivity contribution in [2.24, 2.45) is 0 Å². The fourth-order valence-corrected chi connectivity index (χ4v) is 1.80. The topological polar surface area (TPSA) is 16.4 Å². The van der Waals surface area contributed by atoms with Crippen LogP contribution >= 0.6 is 0 Å². The van der Waals surface area contributed by atoms with E-state index in [1.807, 2.05) is 26.2 Å². The highest BCUT2D eigenvalue weighted by Crippen LogP contribution is 2.11. The van der Waals surface area contributed by atoms with Crippen LogP contribution in [0.15, 0.2) is 48.8 Å². The third-order valence-electron chi connectivity index (χ3n) is 3.03. The molecule has 0 radical (unpaired) electrons. The number of ether oxygens (including phenoxy) is 1. The average molecular weight is 257 g/mol. The summed E-state index contributed by atoms with van der Waals surface area (Å²) in [6.07, 6.45) is 4.15. The molecule has 1 heterocycles. The van der Waals surface area contributed by atoms with Crippen LogP contribution < -0.4 is 14.2 Å². The van der Waals surface area contributed by atoms with E-state index in [0.717, 1.165) is 12.3 Å². The highest BCUT2D eigenvalue weighted by molar-refractivity contribution is 5.41. The van der Waals surface area contributed by atoms with E-state index in [2.05, 4.69) is 53.0 Å². The van der Waals surface area contributed by atoms with Gasteiger partial charge >= 0.3 is 0 Å². The first-order valence-corrected chi connectivity index (χ1v) is 6.51. The molecule has 0 aliphatic heterocycles. The Morgan fingerprint density at radius 1 is 1.00 bits per heavy atom. The van der Waals surface area contributed by atoms with Gasteiger partial charge < -0.3 is 9.64 Å². The van der Waals surface area contributed by atoms with Gasteiger partial charge in [0.25, 0.3) is 0 Å². The predicted octanol–water partition coefficient (Wildman–Crippen LogP) is 2.43. The standard InChI is InChI=1S/C16H21N2O/c1-14-4-6-16(7-5-14)19-13-12-18-10-8-15(9-11-18)17(2)3/h4-11H,12-13H2,1-3H3/q+1. The maximum absolute atomic E-state index is 5.71. The summed E-state index contributed by atoms with van der Waals surface area (Å²) in [7, 11) is 4.08. The SMILES string of the molecule is Cc1ccc(OCC[n+]2ccc(N(C)C)cc2)cc1. The zero-order valence-corrected chi connectivity index (χ0v) is 11.8. The van der Waals surface area contributed by atoms with Crippen LogP contribution in [0.3, 0.4) is 0 Å². The van der Waals surface area contributed by atoms with E-state index in [1.54, 1.807) is 0 Å². The molecule has 3 heteroatoms. The molecule has 0 spiro atoms. The summed E-state index contributed by atoms with van der Waals surface area (Å²) < 4.78 is 7.84. The number of aryl methyl sites for hydroxylation is 1. The Morgan fingerprint density at radius 3 is 2.21 bits per heavy atom. The van der Waals surface area contributed by atoms with Crippen molar-refractivity contribution < 1.29 is 9.30 Å². The minimum absolute atomic E-state index is 0.676. The molecule has 2 aromatic rings. The average Bonchev–Trinajstić information content (AvgIpc) is 2.41. The van der Waals surface area contributed by atoms with Gasteiger partial charge in [-0.05, 0) is 19.1 Å². The van der Waals surface area contributed by atoms with Crippen molar-refractivity contribution in [2.75, 3.05) is 25.6 Å². The minimum Gasteiger partial charge on any atom is -0.487 e. The van der Waals surface area contributed by atoms with Gasteiger partial charge in [0.05, 0.1) is 0 Å². The molecular weight excluding hydrogens is 236 g/mol. The number of aromatic nitrogens is 1. The summed E-state index contributed by atoms with van der Waals surface area (Å²) in [6, 6.07) is 12.4. The van der Waals surface area contributed by atoms with Gasteiger partial charge in [-0.25, -0.2) is 4.57 Å². The van der Waals surface area contributed by atoms with Crippen molar-refractivity contribution in [2.45, 2.75) is 13.5 Å². The smallest absolute Gasteiger partial charge is 0.182 e. The van der Waals surface area contributed by atoms with Crippen LogP contribution in [0.5, 0.6) is 5.75 Å². The lowest BCUT2D eigenvalue weighted by molar-refractivity contribution is -0.697. The molecule has 19 heavy (non-hydrogen) atoms. The summed E-state index contributed by atoms with van der Waals surface area (Å²) in [6.45, 7) is 3.60. The first kappa shape index (κ1) is 13.4. The van der Waals surface area contributed by atoms with Crippen LogP contribution in [0.1, 0.15) is 5.56 Å². The quantitative estimate of drug-likeness (QED) is 0.765. The van der Waals surface area contributed by atoms with Crippen molar-refractivity contribution in [3.63, 3.8) is 0 Å². The van der Waals surface area contributed by atoms with Crippen molar-refractivity contribution >= 4 is 5.69 Å². The monoisotopic (exact) mass is 257 g/mol. The number of nitrogens with zero attached hydrogens (tertiary/aromatic N) is 2.